The smallest absolute Gasteiger partial charge is 0.240 e. The van der Waals surface area contributed by atoms with Gasteiger partial charge in [0, 0.05) is 32.2 Å². The molecule has 4 rings (SSSR count). The number of rotatable bonds is 6. The number of aryl methyl sites for hydroxylation is 1. The normalized spacial score (nSPS) is 17.2. The number of nitrogens with one attached hydrogen (secondary N) is 1. The standard InChI is InChI=1S/C23H29N3O3S/c1-18(27)26-13-5-8-21-15-22(9-10-23(21)26)30(28,29)24-16-19-6-4-7-20(14-19)17-25-11-2-3-12-25/h4,6-7,9-10,14-15,24H,2-3,5,8,11-13,16-17H2,1H3. The fourth-order valence-corrected chi connectivity index (χ4v) is 5.43. The van der Waals surface area contributed by atoms with Gasteiger partial charge < -0.3 is 4.90 Å². The molecule has 7 heteroatoms. The van der Waals surface area contributed by atoms with E-state index in [0.29, 0.717) is 6.54 Å². The molecule has 2 aromatic carbocycles. The number of nitrogens with zero attached hydrogens (tertiary/aromatic N) is 2. The highest BCUT2D eigenvalue weighted by atomic mass is 32.2. The molecule has 0 spiro atoms. The number of likely N-dealkylation sites (tertiary alicyclic amines) is 1. The van der Waals surface area contributed by atoms with Crippen molar-refractivity contribution in [3.05, 3.63) is 59.2 Å². The maximum atomic E-state index is 12.9. The van der Waals surface area contributed by atoms with Crippen LogP contribution in [0.1, 0.15) is 42.9 Å². The minimum atomic E-state index is -3.63. The second-order valence-electron chi connectivity index (χ2n) is 8.19. The summed E-state index contributed by atoms with van der Waals surface area (Å²) in [4.78, 5) is 16.2. The van der Waals surface area contributed by atoms with Gasteiger partial charge in [0.15, 0.2) is 0 Å². The van der Waals surface area contributed by atoms with Crippen molar-refractivity contribution in [1.29, 1.82) is 0 Å². The topological polar surface area (TPSA) is 69.7 Å². The van der Waals surface area contributed by atoms with Gasteiger partial charge >= 0.3 is 0 Å². The third-order valence-corrected chi connectivity index (χ3v) is 7.32. The van der Waals surface area contributed by atoms with Crippen LogP contribution < -0.4 is 9.62 Å². The highest BCUT2D eigenvalue weighted by Gasteiger charge is 2.23. The number of hydrogen-bond donors (Lipinski definition) is 1. The molecule has 30 heavy (non-hydrogen) atoms. The van der Waals surface area contributed by atoms with Crippen LogP contribution in [0.25, 0.3) is 0 Å². The van der Waals surface area contributed by atoms with E-state index in [-0.39, 0.29) is 17.3 Å². The second-order valence-corrected chi connectivity index (χ2v) is 9.96. The molecule has 2 aromatic rings. The molecule has 1 amide bonds. The number of hydrogen-bond acceptors (Lipinski definition) is 4. The number of carbonyl (C=O) groups is 1. The summed E-state index contributed by atoms with van der Waals surface area (Å²) in [7, 11) is -3.63. The first-order valence-electron chi connectivity index (χ1n) is 10.6. The van der Waals surface area contributed by atoms with Crippen molar-refractivity contribution in [1.82, 2.24) is 9.62 Å². The van der Waals surface area contributed by atoms with E-state index >= 15 is 0 Å². The van der Waals surface area contributed by atoms with Crippen molar-refractivity contribution in [2.24, 2.45) is 0 Å². The van der Waals surface area contributed by atoms with E-state index < -0.39 is 10.0 Å². The van der Waals surface area contributed by atoms with Crippen LogP contribution >= 0.6 is 0 Å². The van der Waals surface area contributed by atoms with Gasteiger partial charge in [-0.05, 0) is 73.7 Å². The largest absolute Gasteiger partial charge is 0.312 e. The van der Waals surface area contributed by atoms with E-state index in [4.69, 9.17) is 0 Å². The zero-order valence-electron chi connectivity index (χ0n) is 17.4. The van der Waals surface area contributed by atoms with Crippen molar-refractivity contribution in [2.45, 2.75) is 50.6 Å². The summed E-state index contributed by atoms with van der Waals surface area (Å²) in [6.45, 7) is 5.66. The Kier molecular flexibility index (Phi) is 6.22. The monoisotopic (exact) mass is 427 g/mol. The Morgan fingerprint density at radius 2 is 1.77 bits per heavy atom. The number of carbonyl (C=O) groups excluding carboxylic acids is 1. The van der Waals surface area contributed by atoms with Crippen LogP contribution in [0.3, 0.4) is 0 Å². The maximum Gasteiger partial charge on any atom is 0.240 e. The lowest BCUT2D eigenvalue weighted by molar-refractivity contribution is -0.116. The first kappa shape index (κ1) is 21.0. The van der Waals surface area contributed by atoms with Gasteiger partial charge in [-0.1, -0.05) is 24.3 Å². The summed E-state index contributed by atoms with van der Waals surface area (Å²) in [5.41, 5.74) is 3.90. The summed E-state index contributed by atoms with van der Waals surface area (Å²) in [6, 6.07) is 13.2. The fourth-order valence-electron chi connectivity index (χ4n) is 4.37. The Bertz CT molecular complexity index is 1030. The van der Waals surface area contributed by atoms with Crippen molar-refractivity contribution in [3.8, 4) is 0 Å². The molecular formula is C23H29N3O3S. The first-order chi connectivity index (χ1) is 14.4. The molecule has 2 aliphatic heterocycles. The van der Waals surface area contributed by atoms with E-state index in [1.165, 1.54) is 18.4 Å². The summed E-state index contributed by atoms with van der Waals surface area (Å²) < 4.78 is 28.5. The van der Waals surface area contributed by atoms with Crippen LogP contribution in [0.2, 0.25) is 0 Å². The Morgan fingerprint density at radius 1 is 1.00 bits per heavy atom. The number of benzene rings is 2. The van der Waals surface area contributed by atoms with Crippen LogP contribution in [0.15, 0.2) is 47.4 Å². The fraction of sp³-hybridized carbons (Fsp3) is 0.435. The molecule has 0 saturated carbocycles. The predicted octanol–water partition coefficient (Wildman–Crippen LogP) is 3.06. The van der Waals surface area contributed by atoms with E-state index in [1.807, 2.05) is 12.1 Å². The average Bonchev–Trinajstić information content (AvgIpc) is 3.24. The summed E-state index contributed by atoms with van der Waals surface area (Å²) >= 11 is 0. The molecule has 160 valence electrons. The van der Waals surface area contributed by atoms with Crippen LogP contribution in [0.5, 0.6) is 0 Å². The van der Waals surface area contributed by atoms with Gasteiger partial charge in [-0.3, -0.25) is 9.69 Å². The van der Waals surface area contributed by atoms with Crippen LogP contribution in [-0.2, 0) is 34.3 Å². The Morgan fingerprint density at radius 3 is 2.53 bits per heavy atom. The summed E-state index contributed by atoms with van der Waals surface area (Å²) in [5, 5.41) is 0. The molecule has 0 aromatic heterocycles. The Labute approximate surface area is 178 Å². The molecule has 0 radical (unpaired) electrons. The molecule has 0 unspecified atom stereocenters. The number of anilines is 1. The van der Waals surface area contributed by atoms with Gasteiger partial charge in [0.05, 0.1) is 4.90 Å². The zero-order valence-corrected chi connectivity index (χ0v) is 18.2. The minimum Gasteiger partial charge on any atom is -0.312 e. The lowest BCUT2D eigenvalue weighted by atomic mass is 10.0. The zero-order chi connectivity index (χ0) is 21.1. The molecule has 0 atom stereocenters. The second kappa shape index (κ2) is 8.88. The lowest BCUT2D eigenvalue weighted by Gasteiger charge is -2.28. The molecule has 1 saturated heterocycles. The number of fused-ring (bicyclic) bond motifs is 1. The van der Waals surface area contributed by atoms with Crippen molar-refractivity contribution in [3.63, 3.8) is 0 Å². The first-order valence-corrected chi connectivity index (χ1v) is 12.1. The summed E-state index contributed by atoms with van der Waals surface area (Å²) in [6.07, 6.45) is 4.13. The van der Waals surface area contributed by atoms with Gasteiger partial charge in [-0.2, -0.15) is 0 Å². The van der Waals surface area contributed by atoms with Crippen molar-refractivity contribution in [2.75, 3.05) is 24.5 Å². The SMILES string of the molecule is CC(=O)N1CCCc2cc(S(=O)(=O)NCc3cccc(CN4CCCC4)c3)ccc21. The van der Waals surface area contributed by atoms with Crippen molar-refractivity contribution < 1.29 is 13.2 Å². The van der Waals surface area contributed by atoms with Crippen LogP contribution in [0.4, 0.5) is 5.69 Å². The molecule has 6 nitrogen and oxygen atoms in total. The average molecular weight is 428 g/mol. The molecule has 0 aliphatic carbocycles. The van der Waals surface area contributed by atoms with Gasteiger partial charge in [0.1, 0.15) is 0 Å². The van der Waals surface area contributed by atoms with Gasteiger partial charge in [-0.15, -0.1) is 0 Å². The third kappa shape index (κ3) is 4.74. The molecular weight excluding hydrogens is 398 g/mol. The van der Waals surface area contributed by atoms with Gasteiger partial charge in [0.25, 0.3) is 0 Å². The molecule has 2 aliphatic rings. The molecule has 2 heterocycles. The van der Waals surface area contributed by atoms with E-state index in [0.717, 1.165) is 49.3 Å². The van der Waals surface area contributed by atoms with Gasteiger partial charge in [-0.25, -0.2) is 13.1 Å². The third-order valence-electron chi connectivity index (χ3n) is 5.92. The Balaban J connectivity index is 1.45. The molecule has 1 fully saturated rings. The Hall–Kier alpha value is -2.22. The highest BCUT2D eigenvalue weighted by molar-refractivity contribution is 7.89. The van der Waals surface area contributed by atoms with E-state index in [1.54, 1.807) is 30.0 Å². The van der Waals surface area contributed by atoms with E-state index in [2.05, 4.69) is 21.8 Å². The molecule has 1 N–H and O–H groups in total. The highest BCUT2D eigenvalue weighted by Crippen LogP contribution is 2.29. The molecule has 0 bridgehead atoms. The number of amides is 1. The van der Waals surface area contributed by atoms with Crippen molar-refractivity contribution >= 4 is 21.6 Å². The quantitative estimate of drug-likeness (QED) is 0.769. The van der Waals surface area contributed by atoms with Gasteiger partial charge in [0.2, 0.25) is 15.9 Å². The maximum absolute atomic E-state index is 12.9. The predicted molar refractivity (Wildman–Crippen MR) is 118 cm³/mol. The van der Waals surface area contributed by atoms with Crippen LogP contribution in [0, 0.1) is 0 Å². The van der Waals surface area contributed by atoms with Crippen LogP contribution in [-0.4, -0.2) is 38.9 Å². The van der Waals surface area contributed by atoms with E-state index in [9.17, 15) is 13.2 Å². The lowest BCUT2D eigenvalue weighted by Crippen LogP contribution is -2.33. The summed E-state index contributed by atoms with van der Waals surface area (Å²) in [5.74, 6) is -0.0153. The number of sulfonamides is 1. The minimum absolute atomic E-state index is 0.0153.